The van der Waals surface area contributed by atoms with Gasteiger partial charge in [0.05, 0.1) is 18.8 Å². The van der Waals surface area contributed by atoms with Gasteiger partial charge in [-0.3, -0.25) is 4.79 Å². The van der Waals surface area contributed by atoms with Crippen molar-refractivity contribution >= 4 is 11.6 Å². The van der Waals surface area contributed by atoms with Gasteiger partial charge in [0.25, 0.3) is 5.91 Å². The topological polar surface area (TPSA) is 32.8 Å². The second kappa shape index (κ2) is 8.43. The van der Waals surface area contributed by atoms with E-state index in [1.165, 1.54) is 0 Å². The van der Waals surface area contributed by atoms with Crippen LogP contribution in [0.5, 0.6) is 0 Å². The molecule has 144 valence electrons. The van der Waals surface area contributed by atoms with Crippen molar-refractivity contribution in [3.05, 3.63) is 65.7 Å². The predicted molar refractivity (Wildman–Crippen MR) is 96.7 cm³/mol. The van der Waals surface area contributed by atoms with Crippen LogP contribution in [0.15, 0.2) is 54.6 Å². The van der Waals surface area contributed by atoms with Gasteiger partial charge in [-0.2, -0.15) is 13.2 Å². The average molecular weight is 378 g/mol. The van der Waals surface area contributed by atoms with Crippen LogP contribution in [0.1, 0.15) is 15.9 Å². The van der Waals surface area contributed by atoms with Crippen LogP contribution in [0.4, 0.5) is 18.9 Å². The van der Waals surface area contributed by atoms with E-state index < -0.39 is 18.6 Å². The van der Waals surface area contributed by atoms with Crippen molar-refractivity contribution in [2.45, 2.75) is 12.7 Å². The lowest BCUT2D eigenvalue weighted by molar-refractivity contribution is -0.141. The number of nitrogens with zero attached hydrogens (tertiary/aromatic N) is 2. The molecule has 1 heterocycles. The largest absolute Gasteiger partial charge is 0.406 e. The van der Waals surface area contributed by atoms with E-state index in [2.05, 4.69) is 0 Å². The van der Waals surface area contributed by atoms with Gasteiger partial charge in [0.15, 0.2) is 0 Å². The Hall–Kier alpha value is -2.54. The van der Waals surface area contributed by atoms with E-state index in [0.717, 1.165) is 4.90 Å². The fourth-order valence-corrected chi connectivity index (χ4v) is 3.12. The minimum atomic E-state index is -4.47. The third kappa shape index (κ3) is 5.23. The molecule has 27 heavy (non-hydrogen) atoms. The average Bonchev–Trinajstić information content (AvgIpc) is 2.67. The molecular weight excluding hydrogens is 357 g/mol. The van der Waals surface area contributed by atoms with Crippen LogP contribution in [-0.2, 0) is 11.3 Å². The highest BCUT2D eigenvalue weighted by Gasteiger charge is 2.34. The number of benzene rings is 2. The smallest absolute Gasteiger partial charge is 0.378 e. The summed E-state index contributed by atoms with van der Waals surface area (Å²) >= 11 is 0. The summed E-state index contributed by atoms with van der Waals surface area (Å²) in [5.41, 5.74) is 1.57. The molecule has 2 aromatic carbocycles. The summed E-state index contributed by atoms with van der Waals surface area (Å²) in [6.45, 7) is 0.858. The van der Waals surface area contributed by atoms with Gasteiger partial charge in [-0.15, -0.1) is 0 Å². The lowest BCUT2D eigenvalue weighted by atomic mass is 10.1. The molecule has 0 aromatic heterocycles. The summed E-state index contributed by atoms with van der Waals surface area (Å²) < 4.78 is 44.7. The second-order valence-corrected chi connectivity index (χ2v) is 6.38. The van der Waals surface area contributed by atoms with E-state index in [9.17, 15) is 18.0 Å². The number of amides is 1. The lowest BCUT2D eigenvalue weighted by Gasteiger charge is -2.32. The first-order valence-corrected chi connectivity index (χ1v) is 8.76. The Kier molecular flexibility index (Phi) is 6.01. The monoisotopic (exact) mass is 378 g/mol. The third-order valence-corrected chi connectivity index (χ3v) is 4.36. The van der Waals surface area contributed by atoms with E-state index in [0.29, 0.717) is 37.6 Å². The number of anilines is 1. The molecule has 0 atom stereocenters. The summed E-state index contributed by atoms with van der Waals surface area (Å²) in [5.74, 6) is -0.627. The van der Waals surface area contributed by atoms with Crippen molar-refractivity contribution in [2.75, 3.05) is 37.7 Å². The predicted octanol–water partition coefficient (Wildman–Crippen LogP) is 3.73. The molecule has 1 fully saturated rings. The number of ether oxygens (including phenoxy) is 1. The Labute approximate surface area is 156 Å². The quantitative estimate of drug-likeness (QED) is 0.795. The number of rotatable bonds is 5. The van der Waals surface area contributed by atoms with E-state index in [1.54, 1.807) is 54.6 Å². The minimum Gasteiger partial charge on any atom is -0.378 e. The van der Waals surface area contributed by atoms with Crippen LogP contribution in [0.25, 0.3) is 0 Å². The molecule has 0 saturated carbocycles. The fourth-order valence-electron chi connectivity index (χ4n) is 3.12. The van der Waals surface area contributed by atoms with Crippen molar-refractivity contribution in [3.8, 4) is 0 Å². The third-order valence-electron chi connectivity index (χ3n) is 4.36. The molecule has 0 radical (unpaired) electrons. The Morgan fingerprint density at radius 1 is 1.00 bits per heavy atom. The van der Waals surface area contributed by atoms with Gasteiger partial charge in [-0.05, 0) is 17.7 Å². The van der Waals surface area contributed by atoms with Gasteiger partial charge >= 0.3 is 6.18 Å². The molecule has 0 unspecified atom stereocenters. The number of halogens is 3. The molecule has 0 aliphatic carbocycles. The van der Waals surface area contributed by atoms with Crippen molar-refractivity contribution in [1.29, 1.82) is 0 Å². The van der Waals surface area contributed by atoms with E-state index >= 15 is 0 Å². The van der Waals surface area contributed by atoms with Crippen LogP contribution in [0.2, 0.25) is 0 Å². The van der Waals surface area contributed by atoms with Crippen LogP contribution in [-0.4, -0.2) is 49.8 Å². The standard InChI is InChI=1S/C20H21F3N2O2/c21-20(22,23)15-25(14-16-6-2-1-3-7-16)19(26)17-8-4-5-9-18(17)24-10-12-27-13-11-24/h1-9H,10-15H2. The molecule has 7 heteroatoms. The molecule has 0 N–H and O–H groups in total. The van der Waals surface area contributed by atoms with Crippen molar-refractivity contribution in [1.82, 2.24) is 4.90 Å². The number of hydrogen-bond donors (Lipinski definition) is 0. The highest BCUT2D eigenvalue weighted by molar-refractivity contribution is 5.99. The summed E-state index contributed by atoms with van der Waals surface area (Å²) in [6.07, 6.45) is -4.47. The van der Waals surface area contributed by atoms with Crippen LogP contribution in [0.3, 0.4) is 0 Å². The summed E-state index contributed by atoms with van der Waals surface area (Å²) in [5, 5.41) is 0. The Morgan fingerprint density at radius 2 is 1.63 bits per heavy atom. The molecule has 3 rings (SSSR count). The van der Waals surface area contributed by atoms with E-state index in [4.69, 9.17) is 4.74 Å². The zero-order valence-electron chi connectivity index (χ0n) is 14.8. The Balaban J connectivity index is 1.89. The normalized spacial score (nSPS) is 14.9. The maximum atomic E-state index is 13.1. The molecule has 1 amide bonds. The number of morpholine rings is 1. The minimum absolute atomic E-state index is 0.101. The van der Waals surface area contributed by atoms with Gasteiger partial charge < -0.3 is 14.5 Å². The fraction of sp³-hybridized carbons (Fsp3) is 0.350. The molecule has 1 aliphatic rings. The van der Waals surface area contributed by atoms with Gasteiger partial charge in [0.1, 0.15) is 6.54 Å². The molecule has 2 aromatic rings. The van der Waals surface area contributed by atoms with E-state index in [-0.39, 0.29) is 12.1 Å². The Bertz CT molecular complexity index is 759. The highest BCUT2D eigenvalue weighted by Crippen LogP contribution is 2.26. The molecule has 0 bridgehead atoms. The number of alkyl halides is 3. The lowest BCUT2D eigenvalue weighted by Crippen LogP contribution is -2.41. The van der Waals surface area contributed by atoms with Crippen molar-refractivity contribution < 1.29 is 22.7 Å². The maximum absolute atomic E-state index is 13.1. The van der Waals surface area contributed by atoms with Gasteiger partial charge in [-0.25, -0.2) is 0 Å². The first-order chi connectivity index (χ1) is 12.9. The number of para-hydroxylation sites is 1. The second-order valence-electron chi connectivity index (χ2n) is 6.38. The van der Waals surface area contributed by atoms with Gasteiger partial charge in [0, 0.05) is 25.3 Å². The maximum Gasteiger partial charge on any atom is 0.406 e. The van der Waals surface area contributed by atoms with Crippen LogP contribution >= 0.6 is 0 Å². The van der Waals surface area contributed by atoms with Crippen molar-refractivity contribution in [3.63, 3.8) is 0 Å². The van der Waals surface area contributed by atoms with Crippen LogP contribution < -0.4 is 4.90 Å². The molecule has 1 saturated heterocycles. The van der Waals surface area contributed by atoms with Crippen LogP contribution in [0, 0.1) is 0 Å². The first kappa shape index (κ1) is 19.2. The zero-order chi connectivity index (χ0) is 19.3. The molecule has 1 aliphatic heterocycles. The summed E-state index contributed by atoms with van der Waals surface area (Å²) in [4.78, 5) is 15.9. The van der Waals surface area contributed by atoms with Gasteiger partial charge in [-0.1, -0.05) is 42.5 Å². The number of hydrogen-bond acceptors (Lipinski definition) is 3. The summed E-state index contributed by atoms with van der Waals surface area (Å²) in [6, 6.07) is 15.5. The summed E-state index contributed by atoms with van der Waals surface area (Å²) in [7, 11) is 0. The van der Waals surface area contributed by atoms with Gasteiger partial charge in [0.2, 0.25) is 0 Å². The number of carbonyl (C=O) groups excluding carboxylic acids is 1. The number of carbonyl (C=O) groups is 1. The molecule has 4 nitrogen and oxygen atoms in total. The molecule has 0 spiro atoms. The SMILES string of the molecule is O=C(c1ccccc1N1CCOCC1)N(Cc1ccccc1)CC(F)(F)F. The Morgan fingerprint density at radius 3 is 2.30 bits per heavy atom. The molecular formula is C20H21F3N2O2. The van der Waals surface area contributed by atoms with Crippen molar-refractivity contribution in [2.24, 2.45) is 0 Å². The van der Waals surface area contributed by atoms with E-state index in [1.807, 2.05) is 4.90 Å². The zero-order valence-corrected chi connectivity index (χ0v) is 14.8. The highest BCUT2D eigenvalue weighted by atomic mass is 19.4. The first-order valence-electron chi connectivity index (χ1n) is 8.76.